The number of nitrogens with one attached hydrogen (secondary N) is 1. The Labute approximate surface area is 111 Å². The van der Waals surface area contributed by atoms with Crippen molar-refractivity contribution in [3.63, 3.8) is 0 Å². The monoisotopic (exact) mass is 261 g/mol. The summed E-state index contributed by atoms with van der Waals surface area (Å²) in [5, 5.41) is 6.90. The molecule has 0 fully saturated rings. The molecule has 100 valence electrons. The van der Waals surface area contributed by atoms with Gasteiger partial charge in [0.05, 0.1) is 11.3 Å². The first-order valence-electron chi connectivity index (χ1n) is 6.02. The molecule has 2 rings (SSSR count). The Hall–Kier alpha value is -2.17. The number of aromatic nitrogens is 2. The number of benzene rings is 1. The van der Waals surface area contributed by atoms with E-state index in [1.165, 1.54) is 6.07 Å². The molecule has 1 aromatic heterocycles. The zero-order valence-electron chi connectivity index (χ0n) is 11.2. The van der Waals surface area contributed by atoms with Crippen LogP contribution in [0.3, 0.4) is 0 Å². The van der Waals surface area contributed by atoms with Crippen LogP contribution < -0.4 is 5.32 Å². The van der Waals surface area contributed by atoms with Crippen LogP contribution in [0.4, 0.5) is 4.39 Å². The molecule has 0 radical (unpaired) electrons. The number of halogens is 1. The van der Waals surface area contributed by atoms with Gasteiger partial charge >= 0.3 is 0 Å². The third kappa shape index (κ3) is 2.65. The second-order valence-electron chi connectivity index (χ2n) is 4.44. The van der Waals surface area contributed by atoms with Crippen molar-refractivity contribution in [2.75, 3.05) is 0 Å². The van der Waals surface area contributed by atoms with Crippen LogP contribution in [0.2, 0.25) is 0 Å². The van der Waals surface area contributed by atoms with Crippen LogP contribution in [0.25, 0.3) is 0 Å². The number of amides is 1. The first kappa shape index (κ1) is 13.3. The molecule has 1 N–H and O–H groups in total. The predicted octanol–water partition coefficient (Wildman–Crippen LogP) is 2.11. The molecule has 0 atom stereocenters. The first-order valence-corrected chi connectivity index (χ1v) is 6.02. The van der Waals surface area contributed by atoms with E-state index in [4.69, 9.17) is 0 Å². The molecule has 4 nitrogen and oxygen atoms in total. The molecule has 5 heteroatoms. The average molecular weight is 261 g/mol. The molecule has 19 heavy (non-hydrogen) atoms. The van der Waals surface area contributed by atoms with E-state index in [9.17, 15) is 9.18 Å². The van der Waals surface area contributed by atoms with Crippen molar-refractivity contribution in [3.8, 4) is 0 Å². The van der Waals surface area contributed by atoms with Gasteiger partial charge in [-0.2, -0.15) is 5.10 Å². The highest BCUT2D eigenvalue weighted by Crippen LogP contribution is 2.12. The highest BCUT2D eigenvalue weighted by Gasteiger charge is 2.17. The molecule has 0 saturated carbocycles. The number of aryl methyl sites for hydroxylation is 2. The van der Waals surface area contributed by atoms with Gasteiger partial charge < -0.3 is 5.32 Å². The summed E-state index contributed by atoms with van der Waals surface area (Å²) in [6.45, 7) is 3.78. The van der Waals surface area contributed by atoms with Crippen molar-refractivity contribution in [2.24, 2.45) is 7.05 Å². The van der Waals surface area contributed by atoms with Gasteiger partial charge in [-0.1, -0.05) is 18.2 Å². The number of nitrogens with zero attached hydrogens (tertiary/aromatic N) is 2. The highest BCUT2D eigenvalue weighted by atomic mass is 19.1. The number of hydrogen-bond donors (Lipinski definition) is 1. The molecule has 1 amide bonds. The summed E-state index contributed by atoms with van der Waals surface area (Å²) in [7, 11) is 1.79. The summed E-state index contributed by atoms with van der Waals surface area (Å²) >= 11 is 0. The third-order valence-corrected chi connectivity index (χ3v) is 3.13. The quantitative estimate of drug-likeness (QED) is 0.919. The molecule has 1 heterocycles. The Morgan fingerprint density at radius 3 is 2.63 bits per heavy atom. The molecule has 0 spiro atoms. The second-order valence-corrected chi connectivity index (χ2v) is 4.44. The van der Waals surface area contributed by atoms with Crippen molar-refractivity contribution in [1.82, 2.24) is 15.1 Å². The van der Waals surface area contributed by atoms with Gasteiger partial charge in [-0.05, 0) is 19.9 Å². The summed E-state index contributed by atoms with van der Waals surface area (Å²) in [4.78, 5) is 12.1. The van der Waals surface area contributed by atoms with Crippen molar-refractivity contribution in [3.05, 3.63) is 52.6 Å². The second kappa shape index (κ2) is 5.22. The van der Waals surface area contributed by atoms with Gasteiger partial charge in [0.15, 0.2) is 0 Å². The minimum atomic E-state index is -0.317. The van der Waals surface area contributed by atoms with Crippen LogP contribution in [-0.2, 0) is 13.6 Å². The van der Waals surface area contributed by atoms with Crippen LogP contribution in [0.15, 0.2) is 24.3 Å². The summed E-state index contributed by atoms with van der Waals surface area (Å²) in [5.41, 5.74) is 2.49. The Morgan fingerprint density at radius 2 is 2.05 bits per heavy atom. The van der Waals surface area contributed by atoms with Crippen LogP contribution in [0.1, 0.15) is 27.3 Å². The van der Waals surface area contributed by atoms with Gasteiger partial charge in [0.2, 0.25) is 0 Å². The van der Waals surface area contributed by atoms with E-state index in [-0.39, 0.29) is 18.3 Å². The SMILES string of the molecule is Cc1nn(C)c(C)c1C(=O)NCc1ccccc1F. The zero-order chi connectivity index (χ0) is 14.0. The molecule has 2 aromatic rings. The minimum Gasteiger partial charge on any atom is -0.348 e. The smallest absolute Gasteiger partial charge is 0.255 e. The first-order chi connectivity index (χ1) is 9.00. The fourth-order valence-electron chi connectivity index (χ4n) is 2.01. The maximum absolute atomic E-state index is 13.4. The van der Waals surface area contributed by atoms with E-state index in [0.717, 1.165) is 5.69 Å². The van der Waals surface area contributed by atoms with Crippen molar-refractivity contribution >= 4 is 5.91 Å². The van der Waals surface area contributed by atoms with Gasteiger partial charge in [0.1, 0.15) is 5.82 Å². The molecular formula is C14H16FN3O. The fraction of sp³-hybridized carbons (Fsp3) is 0.286. The summed E-state index contributed by atoms with van der Waals surface area (Å²) in [6, 6.07) is 6.39. The topological polar surface area (TPSA) is 46.9 Å². The minimum absolute atomic E-state index is 0.166. The molecule has 0 bridgehead atoms. The van der Waals surface area contributed by atoms with E-state index in [2.05, 4.69) is 10.4 Å². The van der Waals surface area contributed by atoms with E-state index < -0.39 is 0 Å². The highest BCUT2D eigenvalue weighted by molar-refractivity contribution is 5.96. The van der Waals surface area contributed by atoms with Crippen molar-refractivity contribution in [2.45, 2.75) is 20.4 Å². The lowest BCUT2D eigenvalue weighted by Crippen LogP contribution is -2.24. The number of carbonyl (C=O) groups is 1. The van der Waals surface area contributed by atoms with Crippen LogP contribution in [0, 0.1) is 19.7 Å². The van der Waals surface area contributed by atoms with Gasteiger partial charge in [-0.15, -0.1) is 0 Å². The Balaban J connectivity index is 2.12. The van der Waals surface area contributed by atoms with Crippen LogP contribution in [0.5, 0.6) is 0 Å². The zero-order valence-corrected chi connectivity index (χ0v) is 11.2. The third-order valence-electron chi connectivity index (χ3n) is 3.13. The normalized spacial score (nSPS) is 10.5. The summed E-state index contributed by atoms with van der Waals surface area (Å²) in [6.07, 6.45) is 0. The van der Waals surface area contributed by atoms with E-state index in [1.807, 2.05) is 6.92 Å². The van der Waals surface area contributed by atoms with Gasteiger partial charge in [0, 0.05) is 24.8 Å². The summed E-state index contributed by atoms with van der Waals surface area (Å²) in [5.74, 6) is -0.547. The van der Waals surface area contributed by atoms with Crippen molar-refractivity contribution < 1.29 is 9.18 Å². The Kier molecular flexibility index (Phi) is 3.64. The van der Waals surface area contributed by atoms with Crippen LogP contribution >= 0.6 is 0 Å². The fourth-order valence-corrected chi connectivity index (χ4v) is 2.01. The largest absolute Gasteiger partial charge is 0.348 e. The lowest BCUT2D eigenvalue weighted by molar-refractivity contribution is 0.0949. The Morgan fingerprint density at radius 1 is 1.37 bits per heavy atom. The van der Waals surface area contributed by atoms with Gasteiger partial charge in [-0.25, -0.2) is 4.39 Å². The molecule has 0 aliphatic carbocycles. The molecule has 0 aliphatic heterocycles. The number of carbonyl (C=O) groups excluding carboxylic acids is 1. The summed E-state index contributed by atoms with van der Waals surface area (Å²) < 4.78 is 15.1. The molecule has 0 saturated heterocycles. The van der Waals surface area contributed by atoms with E-state index in [1.54, 1.807) is 36.9 Å². The lowest BCUT2D eigenvalue weighted by Gasteiger charge is -2.06. The molecule has 0 aliphatic rings. The van der Waals surface area contributed by atoms with E-state index >= 15 is 0 Å². The van der Waals surface area contributed by atoms with E-state index in [0.29, 0.717) is 16.8 Å². The lowest BCUT2D eigenvalue weighted by atomic mass is 10.1. The Bertz CT molecular complexity index is 619. The average Bonchev–Trinajstić information content (AvgIpc) is 2.62. The number of rotatable bonds is 3. The van der Waals surface area contributed by atoms with Crippen LogP contribution in [-0.4, -0.2) is 15.7 Å². The standard InChI is InChI=1S/C14H16FN3O/c1-9-13(10(2)18(3)17-9)14(19)16-8-11-6-4-5-7-12(11)15/h4-7H,8H2,1-3H3,(H,16,19). The van der Waals surface area contributed by atoms with Gasteiger partial charge in [0.25, 0.3) is 5.91 Å². The van der Waals surface area contributed by atoms with Crippen molar-refractivity contribution in [1.29, 1.82) is 0 Å². The molecule has 0 unspecified atom stereocenters. The molecule has 1 aromatic carbocycles. The number of hydrogen-bond acceptors (Lipinski definition) is 2. The van der Waals surface area contributed by atoms with Gasteiger partial charge in [-0.3, -0.25) is 9.48 Å². The molecular weight excluding hydrogens is 245 g/mol. The maximum Gasteiger partial charge on any atom is 0.255 e. The maximum atomic E-state index is 13.4. The predicted molar refractivity (Wildman–Crippen MR) is 70.3 cm³/mol.